The van der Waals surface area contributed by atoms with Crippen molar-refractivity contribution in [1.82, 2.24) is 9.38 Å². The summed E-state index contributed by atoms with van der Waals surface area (Å²) in [7, 11) is 1.66. The molecule has 0 saturated carbocycles. The number of hydrogen-bond acceptors (Lipinski definition) is 4. The maximum atomic E-state index is 5.85. The van der Waals surface area contributed by atoms with Crippen LogP contribution in [0.5, 0.6) is 5.75 Å². The number of nitrogens with two attached hydrogens (primary N) is 2. The highest BCUT2D eigenvalue weighted by Crippen LogP contribution is 2.20. The van der Waals surface area contributed by atoms with Gasteiger partial charge in [-0.1, -0.05) is 6.07 Å². The van der Waals surface area contributed by atoms with Crippen LogP contribution in [-0.4, -0.2) is 16.5 Å². The Morgan fingerprint density at radius 1 is 1.09 bits per heavy atom. The fraction of sp³-hybridized carbons (Fsp3) is 0.235. The van der Waals surface area contributed by atoms with E-state index in [-0.39, 0.29) is 0 Å². The van der Waals surface area contributed by atoms with Crippen molar-refractivity contribution in [3.05, 3.63) is 53.5 Å². The predicted octanol–water partition coefficient (Wildman–Crippen LogP) is 2.60. The van der Waals surface area contributed by atoms with Crippen molar-refractivity contribution in [2.24, 2.45) is 0 Å². The minimum absolute atomic E-state index is 0.625. The van der Waals surface area contributed by atoms with Gasteiger partial charge in [-0.15, -0.1) is 0 Å². The molecule has 0 aliphatic heterocycles. The second kappa shape index (κ2) is 5.60. The quantitative estimate of drug-likeness (QED) is 0.725. The molecule has 0 spiro atoms. The number of aryl methyl sites for hydroxylation is 3. The van der Waals surface area contributed by atoms with E-state index in [1.54, 1.807) is 7.11 Å². The van der Waals surface area contributed by atoms with Crippen LogP contribution in [0.15, 0.2) is 36.5 Å². The first-order valence-corrected chi connectivity index (χ1v) is 7.24. The van der Waals surface area contributed by atoms with Crippen LogP contribution in [0, 0.1) is 6.92 Å². The van der Waals surface area contributed by atoms with Crippen LogP contribution >= 0.6 is 0 Å². The highest BCUT2D eigenvalue weighted by Gasteiger charge is 2.09. The molecule has 3 aromatic rings. The van der Waals surface area contributed by atoms with E-state index in [4.69, 9.17) is 21.2 Å². The van der Waals surface area contributed by atoms with Crippen molar-refractivity contribution < 1.29 is 4.74 Å². The maximum Gasteiger partial charge on any atom is 0.140 e. The lowest BCUT2D eigenvalue weighted by Gasteiger charge is -2.04. The molecule has 1 aromatic carbocycles. The van der Waals surface area contributed by atoms with Gasteiger partial charge in [0.15, 0.2) is 0 Å². The molecule has 2 aromatic heterocycles. The van der Waals surface area contributed by atoms with Gasteiger partial charge in [-0.3, -0.25) is 0 Å². The number of anilines is 2. The largest absolute Gasteiger partial charge is 0.497 e. The fourth-order valence-electron chi connectivity index (χ4n) is 2.60. The number of imidazole rings is 1. The van der Waals surface area contributed by atoms with Crippen molar-refractivity contribution in [3.8, 4) is 5.75 Å². The molecular weight excluding hydrogens is 276 g/mol. The molecule has 5 heteroatoms. The van der Waals surface area contributed by atoms with Crippen LogP contribution in [0.2, 0.25) is 0 Å². The van der Waals surface area contributed by atoms with Gasteiger partial charge in [-0.05, 0) is 43.5 Å². The molecule has 0 radical (unpaired) electrons. The van der Waals surface area contributed by atoms with Crippen LogP contribution < -0.4 is 16.2 Å². The van der Waals surface area contributed by atoms with Crippen molar-refractivity contribution in [1.29, 1.82) is 0 Å². The lowest BCUT2D eigenvalue weighted by atomic mass is 10.1. The summed E-state index contributed by atoms with van der Waals surface area (Å²) in [6.45, 7) is 2.08. The van der Waals surface area contributed by atoms with E-state index >= 15 is 0 Å². The molecule has 2 heterocycles. The van der Waals surface area contributed by atoms with Gasteiger partial charge in [-0.2, -0.15) is 0 Å². The molecular formula is C17H20N4O. The average Bonchev–Trinajstić information content (AvgIpc) is 2.84. The number of aromatic nitrogens is 2. The third-order valence-electron chi connectivity index (χ3n) is 3.97. The van der Waals surface area contributed by atoms with E-state index < -0.39 is 0 Å². The van der Waals surface area contributed by atoms with Crippen LogP contribution in [0.1, 0.15) is 17.0 Å². The lowest BCUT2D eigenvalue weighted by molar-refractivity contribution is 0.414. The minimum atomic E-state index is 0.625. The summed E-state index contributed by atoms with van der Waals surface area (Å²) in [6, 6.07) is 9.68. The molecule has 22 heavy (non-hydrogen) atoms. The third kappa shape index (κ3) is 2.57. The Hall–Kier alpha value is -2.69. The van der Waals surface area contributed by atoms with E-state index in [0.717, 1.165) is 35.6 Å². The first kappa shape index (κ1) is 14.3. The first-order chi connectivity index (χ1) is 10.6. The van der Waals surface area contributed by atoms with Gasteiger partial charge in [0, 0.05) is 18.0 Å². The van der Waals surface area contributed by atoms with Gasteiger partial charge < -0.3 is 20.6 Å². The van der Waals surface area contributed by atoms with Crippen molar-refractivity contribution in [2.45, 2.75) is 19.8 Å². The van der Waals surface area contributed by atoms with Crippen LogP contribution in [0.25, 0.3) is 5.65 Å². The van der Waals surface area contributed by atoms with Gasteiger partial charge in [-0.25, -0.2) is 4.98 Å². The zero-order valence-electron chi connectivity index (χ0n) is 12.8. The summed E-state index contributed by atoms with van der Waals surface area (Å²) in [4.78, 5) is 4.70. The van der Waals surface area contributed by atoms with Crippen LogP contribution in [-0.2, 0) is 12.8 Å². The number of benzene rings is 1. The molecule has 0 saturated heterocycles. The highest BCUT2D eigenvalue weighted by molar-refractivity contribution is 5.63. The zero-order valence-corrected chi connectivity index (χ0v) is 12.8. The SMILES string of the molecule is COc1ccn2c(C)c(CCc3ccc(N)c(N)c3)nc2c1. The van der Waals surface area contributed by atoms with Gasteiger partial charge in [0.25, 0.3) is 0 Å². The number of methoxy groups -OCH3 is 1. The number of nitrogens with zero attached hydrogens (tertiary/aromatic N) is 2. The number of ether oxygens (including phenoxy) is 1. The number of nitrogen functional groups attached to an aromatic ring is 2. The monoisotopic (exact) mass is 296 g/mol. The lowest BCUT2D eigenvalue weighted by Crippen LogP contribution is -1.98. The maximum absolute atomic E-state index is 5.85. The molecule has 0 amide bonds. The van der Waals surface area contributed by atoms with Crippen LogP contribution in [0.4, 0.5) is 11.4 Å². The minimum Gasteiger partial charge on any atom is -0.497 e. The van der Waals surface area contributed by atoms with Crippen molar-refractivity contribution in [2.75, 3.05) is 18.6 Å². The summed E-state index contributed by atoms with van der Waals surface area (Å²) < 4.78 is 7.32. The standard InChI is InChI=1S/C17H20N4O/c1-11-16(6-4-12-3-5-14(18)15(19)9-12)20-17-10-13(22-2)7-8-21(11)17/h3,5,7-10H,4,6,18-19H2,1-2H3. The Morgan fingerprint density at radius 3 is 2.64 bits per heavy atom. The Bertz CT molecular complexity index is 823. The van der Waals surface area contributed by atoms with E-state index in [0.29, 0.717) is 11.4 Å². The van der Waals surface area contributed by atoms with E-state index in [2.05, 4.69) is 11.3 Å². The fourth-order valence-corrected chi connectivity index (χ4v) is 2.60. The summed E-state index contributed by atoms with van der Waals surface area (Å²) in [5.74, 6) is 0.815. The third-order valence-corrected chi connectivity index (χ3v) is 3.97. The Morgan fingerprint density at radius 2 is 1.91 bits per heavy atom. The first-order valence-electron chi connectivity index (χ1n) is 7.24. The normalized spacial score (nSPS) is 11.0. The number of fused-ring (bicyclic) bond motifs is 1. The van der Waals surface area contributed by atoms with E-state index in [9.17, 15) is 0 Å². The summed E-state index contributed by atoms with van der Waals surface area (Å²) in [5, 5.41) is 0. The molecule has 0 aliphatic rings. The zero-order chi connectivity index (χ0) is 15.7. The number of hydrogen-bond donors (Lipinski definition) is 2. The predicted molar refractivity (Wildman–Crippen MR) is 89.2 cm³/mol. The van der Waals surface area contributed by atoms with Gasteiger partial charge in [0.2, 0.25) is 0 Å². The Kier molecular flexibility index (Phi) is 3.63. The van der Waals surface area contributed by atoms with Crippen LogP contribution in [0.3, 0.4) is 0 Å². The molecule has 0 unspecified atom stereocenters. The molecule has 4 N–H and O–H groups in total. The van der Waals surface area contributed by atoms with Gasteiger partial charge in [0.05, 0.1) is 24.2 Å². The summed E-state index contributed by atoms with van der Waals surface area (Å²) in [5.41, 5.74) is 17.2. The average molecular weight is 296 g/mol. The molecule has 114 valence electrons. The molecule has 0 fully saturated rings. The number of rotatable bonds is 4. The van der Waals surface area contributed by atoms with E-state index in [1.807, 2.05) is 36.5 Å². The number of pyridine rings is 1. The second-order valence-corrected chi connectivity index (χ2v) is 5.40. The van der Waals surface area contributed by atoms with Gasteiger partial charge >= 0.3 is 0 Å². The van der Waals surface area contributed by atoms with Gasteiger partial charge in [0.1, 0.15) is 11.4 Å². The molecule has 3 rings (SSSR count). The Labute approximate surface area is 129 Å². The van der Waals surface area contributed by atoms with Crippen molar-refractivity contribution in [3.63, 3.8) is 0 Å². The molecule has 0 bridgehead atoms. The summed E-state index contributed by atoms with van der Waals surface area (Å²) >= 11 is 0. The van der Waals surface area contributed by atoms with Crippen molar-refractivity contribution >= 4 is 17.0 Å². The Balaban J connectivity index is 1.84. The molecule has 0 atom stereocenters. The molecule has 5 nitrogen and oxygen atoms in total. The molecule has 0 aliphatic carbocycles. The van der Waals surface area contributed by atoms with E-state index in [1.165, 1.54) is 5.56 Å². The highest BCUT2D eigenvalue weighted by atomic mass is 16.5. The topological polar surface area (TPSA) is 78.6 Å². The smallest absolute Gasteiger partial charge is 0.140 e. The summed E-state index contributed by atoms with van der Waals surface area (Å²) in [6.07, 6.45) is 3.73. The second-order valence-electron chi connectivity index (χ2n) is 5.40.